The first kappa shape index (κ1) is 16.0. The van der Waals surface area contributed by atoms with E-state index in [1.165, 1.54) is 28.7 Å². The predicted octanol–water partition coefficient (Wildman–Crippen LogP) is -4.31. The number of ether oxygens (including phenoxy) is 2. The van der Waals surface area contributed by atoms with Crippen LogP contribution in [0.4, 0.5) is 0 Å². The van der Waals surface area contributed by atoms with Gasteiger partial charge in [-0.15, -0.1) is 0 Å². The molecule has 0 saturated heterocycles. The van der Waals surface area contributed by atoms with Crippen LogP contribution in [0.1, 0.15) is 17.3 Å². The van der Waals surface area contributed by atoms with Crippen molar-refractivity contribution in [1.29, 1.82) is 0 Å². The molecule has 0 bridgehead atoms. The molecule has 0 spiro atoms. The number of hydrogen-bond donors (Lipinski definition) is 3. The van der Waals surface area contributed by atoms with Crippen LogP contribution in [0.25, 0.3) is 0 Å². The zero-order chi connectivity index (χ0) is 16.1. The fourth-order valence-electron chi connectivity index (χ4n) is 2.30. The van der Waals surface area contributed by atoms with Crippen molar-refractivity contribution in [3.8, 4) is 11.5 Å². The molecule has 1 aliphatic heterocycles. The maximum Gasteiger partial charge on any atom is 0.209 e. The minimum absolute atomic E-state index is 0.261. The maximum atomic E-state index is 12.4. The number of Topliss-reactive ketones (excluding diaryl/α,β-unsaturated/α-hetero) is 1. The topological polar surface area (TPSA) is 88.0 Å². The summed E-state index contributed by atoms with van der Waals surface area (Å²) in [5.41, 5.74) is -3.81. The second-order valence-corrected chi connectivity index (χ2v) is 6.35. The number of rotatable bonds is 4. The monoisotopic (exact) mass is 287 g/mol. The van der Waals surface area contributed by atoms with E-state index in [-0.39, 0.29) is 5.56 Å². The molecule has 21 heavy (non-hydrogen) atoms. The highest BCUT2D eigenvalue weighted by molar-refractivity contribution is 6.39. The zero-order valence-corrected chi connectivity index (χ0v) is 12.9. The molecular formula is C11H17B4NO5. The smallest absolute Gasteiger partial charge is 0.209 e. The molecule has 0 aromatic heterocycles. The fourth-order valence-corrected chi connectivity index (χ4v) is 2.30. The predicted molar refractivity (Wildman–Crippen MR) is 87.6 cm³/mol. The van der Waals surface area contributed by atoms with Gasteiger partial charge in [0.1, 0.15) is 15.7 Å². The third kappa shape index (κ3) is 3.64. The summed E-state index contributed by atoms with van der Waals surface area (Å²) < 4.78 is 11.1. The van der Waals surface area contributed by atoms with E-state index >= 15 is 0 Å². The lowest BCUT2D eigenvalue weighted by Gasteiger charge is -2.31. The third-order valence-electron chi connectivity index (χ3n) is 2.91. The highest BCUT2D eigenvalue weighted by Gasteiger charge is 2.37. The molecular weight excluding hydrogens is 269 g/mol. The van der Waals surface area contributed by atoms with Gasteiger partial charge in [-0.1, -0.05) is 0 Å². The largest absolute Gasteiger partial charge is 0.467 e. The number of fused-ring (bicyclic) bond motifs is 1. The second kappa shape index (κ2) is 4.83. The van der Waals surface area contributed by atoms with Gasteiger partial charge in [0, 0.05) is 11.1 Å². The van der Waals surface area contributed by atoms with Gasteiger partial charge >= 0.3 is 0 Å². The van der Waals surface area contributed by atoms with E-state index in [2.05, 4.69) is 5.32 Å². The first-order valence-electron chi connectivity index (χ1n) is 6.71. The Kier molecular flexibility index (Phi) is 3.68. The molecule has 0 unspecified atom stereocenters. The Hall–Kier alpha value is -1.37. The number of benzene rings is 1. The van der Waals surface area contributed by atoms with Gasteiger partial charge in [0.25, 0.3) is 0 Å². The van der Waals surface area contributed by atoms with Gasteiger partial charge in [0.15, 0.2) is 38.5 Å². The Balaban J connectivity index is 2.26. The molecule has 1 aliphatic rings. The summed E-state index contributed by atoms with van der Waals surface area (Å²) in [5, 5.41) is 22.4. The third-order valence-corrected chi connectivity index (χ3v) is 2.91. The summed E-state index contributed by atoms with van der Waals surface area (Å²) >= 11 is 0. The van der Waals surface area contributed by atoms with Crippen LogP contribution < -0.4 is 14.8 Å². The lowest BCUT2D eigenvalue weighted by atomic mass is 9.72. The molecule has 0 radical (unpaired) electrons. The van der Waals surface area contributed by atoms with E-state index in [9.17, 15) is 15.0 Å². The van der Waals surface area contributed by atoms with E-state index in [1.54, 1.807) is 27.8 Å². The summed E-state index contributed by atoms with van der Waals surface area (Å²) in [6.07, 6.45) is 0. The molecule has 1 aromatic carbocycles. The molecule has 1 atom stereocenters. The van der Waals surface area contributed by atoms with Crippen LogP contribution in [0.2, 0.25) is 0 Å². The van der Waals surface area contributed by atoms with Gasteiger partial charge in [-0.25, -0.2) is 0 Å². The van der Waals surface area contributed by atoms with Crippen molar-refractivity contribution < 1.29 is 24.5 Å². The molecule has 1 aromatic rings. The molecule has 0 fully saturated rings. The van der Waals surface area contributed by atoms with Crippen LogP contribution in [0.3, 0.4) is 0 Å². The van der Waals surface area contributed by atoms with Crippen molar-refractivity contribution in [2.75, 3.05) is 0 Å². The van der Waals surface area contributed by atoms with E-state index in [0.29, 0.717) is 11.5 Å². The van der Waals surface area contributed by atoms with Gasteiger partial charge in [0.2, 0.25) is 5.78 Å². The summed E-state index contributed by atoms with van der Waals surface area (Å²) in [7, 11) is 6.41. The zero-order valence-electron chi connectivity index (χ0n) is 12.9. The highest BCUT2D eigenvalue weighted by Crippen LogP contribution is 2.38. The quantitative estimate of drug-likeness (QED) is 0.295. The molecule has 2 rings (SSSR count). The Labute approximate surface area is 126 Å². The van der Waals surface area contributed by atoms with Crippen LogP contribution in [0.15, 0.2) is 18.2 Å². The average molecular weight is 287 g/mol. The van der Waals surface area contributed by atoms with Gasteiger partial charge in [0.05, 0.1) is 0 Å². The van der Waals surface area contributed by atoms with E-state index in [4.69, 9.17) is 9.47 Å². The number of carbonyl (C=O) groups excluding carboxylic acids is 1. The van der Waals surface area contributed by atoms with Gasteiger partial charge in [-0.2, -0.15) is 0 Å². The van der Waals surface area contributed by atoms with Crippen molar-refractivity contribution in [3.63, 3.8) is 0 Å². The number of nitrogens with one attached hydrogen (secondary N) is 1. The molecule has 10 heteroatoms. The summed E-state index contributed by atoms with van der Waals surface area (Å²) in [5.74, 6) is 0.428. The molecule has 0 aliphatic carbocycles. The SMILES string of the molecule is BC(B)(O)N[C@@](C)(O)C(=O)c1ccc2c(c1)OC(B)(B)O2. The van der Waals surface area contributed by atoms with Crippen molar-refractivity contribution >= 4 is 37.2 Å². The van der Waals surface area contributed by atoms with Crippen LogP contribution in [0.5, 0.6) is 11.5 Å². The van der Waals surface area contributed by atoms with Crippen LogP contribution in [0, 0.1) is 0 Å². The summed E-state index contributed by atoms with van der Waals surface area (Å²) in [6.45, 7) is 1.29. The van der Waals surface area contributed by atoms with E-state index < -0.39 is 22.6 Å². The lowest BCUT2D eigenvalue weighted by Crippen LogP contribution is -2.61. The lowest BCUT2D eigenvalue weighted by molar-refractivity contribution is -0.00834. The first-order chi connectivity index (χ1) is 9.40. The standard InChI is InChI=1S/C11H17B4NO5/c1-9(18,16-10(12,13)19)8(17)5-2-3-6-7(4-5)21-11(14,15)20-6/h2-4,16,18-19H,12-15H2,1H3/t9-/m0/s1. The summed E-state index contributed by atoms with van der Waals surface area (Å²) in [6, 6.07) is 4.69. The number of ketones is 1. The minimum atomic E-state index is -1.90. The fraction of sp³-hybridized carbons (Fsp3) is 0.364. The van der Waals surface area contributed by atoms with Gasteiger partial charge in [-0.05, 0) is 25.1 Å². The molecule has 0 saturated carbocycles. The Morgan fingerprint density at radius 1 is 1.24 bits per heavy atom. The molecule has 3 N–H and O–H groups in total. The number of carbonyl (C=O) groups is 1. The Bertz CT molecular complexity index is 584. The normalized spacial score (nSPS) is 19.0. The molecule has 0 amide bonds. The Morgan fingerprint density at radius 2 is 1.81 bits per heavy atom. The van der Waals surface area contributed by atoms with Crippen LogP contribution in [-0.2, 0) is 0 Å². The molecule has 1 heterocycles. The van der Waals surface area contributed by atoms with Crippen molar-refractivity contribution in [2.45, 2.75) is 23.8 Å². The summed E-state index contributed by atoms with van der Waals surface area (Å²) in [4.78, 5) is 12.4. The molecule has 108 valence electrons. The maximum absolute atomic E-state index is 12.4. The average Bonchev–Trinajstić information content (AvgIpc) is 2.57. The number of aliphatic hydroxyl groups is 2. The van der Waals surface area contributed by atoms with Crippen LogP contribution in [-0.4, -0.2) is 64.2 Å². The highest BCUT2D eigenvalue weighted by atomic mass is 16.7. The van der Waals surface area contributed by atoms with Crippen molar-refractivity contribution in [1.82, 2.24) is 5.32 Å². The minimum Gasteiger partial charge on any atom is -0.467 e. The van der Waals surface area contributed by atoms with E-state index in [1.807, 2.05) is 0 Å². The van der Waals surface area contributed by atoms with E-state index in [0.717, 1.165) is 0 Å². The van der Waals surface area contributed by atoms with Gasteiger partial charge in [-0.3, -0.25) is 10.1 Å². The van der Waals surface area contributed by atoms with Gasteiger partial charge < -0.3 is 19.7 Å². The van der Waals surface area contributed by atoms with Crippen molar-refractivity contribution in [3.05, 3.63) is 23.8 Å². The second-order valence-electron chi connectivity index (χ2n) is 6.35. The number of hydrogen-bond acceptors (Lipinski definition) is 6. The van der Waals surface area contributed by atoms with Crippen molar-refractivity contribution in [2.24, 2.45) is 0 Å². The Morgan fingerprint density at radius 3 is 2.38 bits per heavy atom. The molecule has 6 nitrogen and oxygen atoms in total. The van der Waals surface area contributed by atoms with Crippen LogP contribution >= 0.6 is 0 Å². The first-order valence-corrected chi connectivity index (χ1v) is 6.71.